The molecule has 19 heavy (non-hydrogen) atoms. The summed E-state index contributed by atoms with van der Waals surface area (Å²) in [6, 6.07) is 11.3. The lowest BCUT2D eigenvalue weighted by Gasteiger charge is -2.28. The Balaban J connectivity index is 1.91. The topological polar surface area (TPSA) is 12.0 Å². The van der Waals surface area contributed by atoms with E-state index in [0.29, 0.717) is 5.92 Å². The van der Waals surface area contributed by atoms with Crippen molar-refractivity contribution in [3.05, 3.63) is 51.7 Å². The normalized spacial score (nSPS) is 18.8. The molecule has 1 aliphatic heterocycles. The number of thiophene rings is 1. The Bertz CT molecular complexity index is 563. The number of anilines is 1. The van der Waals surface area contributed by atoms with Crippen molar-refractivity contribution < 1.29 is 0 Å². The maximum absolute atomic E-state index is 3.59. The average molecular weight is 271 g/mol. The van der Waals surface area contributed by atoms with E-state index in [-0.39, 0.29) is 5.41 Å². The molecule has 1 nitrogen and oxygen atoms in total. The first-order chi connectivity index (χ1) is 9.04. The fraction of sp³-hybridized carbons (Fsp3) is 0.412. The Kier molecular flexibility index (Phi) is 3.14. The summed E-state index contributed by atoms with van der Waals surface area (Å²) in [5.41, 5.74) is 4.45. The van der Waals surface area contributed by atoms with Crippen molar-refractivity contribution in [1.29, 1.82) is 0 Å². The quantitative estimate of drug-likeness (QED) is 0.785. The van der Waals surface area contributed by atoms with Crippen LogP contribution in [0.15, 0.2) is 35.7 Å². The molecule has 0 saturated carbocycles. The standard InChI is InChI=1S/C17H21NS/c1-17(2,3)14-6-7-15-12(10-14)9-13(11-18-15)16-5-4-8-19-16/h4-8,10,13,18H,9,11H2,1-3H3. The Hall–Kier alpha value is -1.28. The second-order valence-corrected chi connectivity index (χ2v) is 7.40. The number of hydrogen-bond donors (Lipinski definition) is 1. The molecule has 2 heteroatoms. The van der Waals surface area contributed by atoms with Crippen molar-refractivity contribution >= 4 is 17.0 Å². The van der Waals surface area contributed by atoms with Crippen LogP contribution in [-0.2, 0) is 11.8 Å². The van der Waals surface area contributed by atoms with Gasteiger partial charge in [0.2, 0.25) is 0 Å². The van der Waals surface area contributed by atoms with E-state index in [1.165, 1.54) is 21.7 Å². The van der Waals surface area contributed by atoms with Gasteiger partial charge in [0.1, 0.15) is 0 Å². The smallest absolute Gasteiger partial charge is 0.0373 e. The van der Waals surface area contributed by atoms with Gasteiger partial charge in [0.25, 0.3) is 0 Å². The number of hydrogen-bond acceptors (Lipinski definition) is 2. The third-order valence-corrected chi connectivity index (χ3v) is 4.96. The van der Waals surface area contributed by atoms with Crippen LogP contribution in [0.4, 0.5) is 5.69 Å². The highest BCUT2D eigenvalue weighted by atomic mass is 32.1. The van der Waals surface area contributed by atoms with E-state index in [1.807, 2.05) is 11.3 Å². The minimum absolute atomic E-state index is 0.227. The van der Waals surface area contributed by atoms with Crippen LogP contribution in [0.1, 0.15) is 42.7 Å². The summed E-state index contributed by atoms with van der Waals surface area (Å²) in [5.74, 6) is 0.628. The number of benzene rings is 1. The lowest BCUT2D eigenvalue weighted by molar-refractivity contribution is 0.587. The molecule has 0 bridgehead atoms. The molecule has 2 heterocycles. The van der Waals surface area contributed by atoms with Gasteiger partial charge in [-0.15, -0.1) is 11.3 Å². The summed E-state index contributed by atoms with van der Waals surface area (Å²) in [6.07, 6.45) is 1.16. The highest BCUT2D eigenvalue weighted by molar-refractivity contribution is 7.10. The predicted molar refractivity (Wildman–Crippen MR) is 84.4 cm³/mol. The van der Waals surface area contributed by atoms with E-state index in [9.17, 15) is 0 Å². The van der Waals surface area contributed by atoms with Gasteiger partial charge in [-0.1, -0.05) is 39.0 Å². The fourth-order valence-electron chi connectivity index (χ4n) is 2.70. The van der Waals surface area contributed by atoms with E-state index in [2.05, 4.69) is 61.8 Å². The molecule has 3 rings (SSSR count). The molecule has 1 aromatic heterocycles. The summed E-state index contributed by atoms with van der Waals surface area (Å²) in [4.78, 5) is 1.50. The maximum Gasteiger partial charge on any atom is 0.0373 e. The lowest BCUT2D eigenvalue weighted by atomic mass is 9.83. The molecule has 0 saturated heterocycles. The molecule has 1 unspecified atom stereocenters. The molecular weight excluding hydrogens is 250 g/mol. The van der Waals surface area contributed by atoms with Crippen molar-refractivity contribution in [2.75, 3.05) is 11.9 Å². The van der Waals surface area contributed by atoms with E-state index in [4.69, 9.17) is 0 Å². The molecule has 0 radical (unpaired) electrons. The van der Waals surface area contributed by atoms with Gasteiger partial charge in [-0.05, 0) is 40.5 Å². The average Bonchev–Trinajstić information content (AvgIpc) is 2.90. The largest absolute Gasteiger partial charge is 0.384 e. The molecule has 1 aliphatic rings. The molecule has 1 aromatic carbocycles. The van der Waals surface area contributed by atoms with Crippen LogP contribution in [0.2, 0.25) is 0 Å². The second kappa shape index (κ2) is 4.68. The van der Waals surface area contributed by atoms with E-state index >= 15 is 0 Å². The second-order valence-electron chi connectivity index (χ2n) is 6.42. The molecule has 100 valence electrons. The first-order valence-electron chi connectivity index (χ1n) is 6.95. The minimum Gasteiger partial charge on any atom is -0.384 e. The monoisotopic (exact) mass is 271 g/mol. The maximum atomic E-state index is 3.59. The van der Waals surface area contributed by atoms with Gasteiger partial charge in [0.15, 0.2) is 0 Å². The summed E-state index contributed by atoms with van der Waals surface area (Å²) >= 11 is 1.87. The van der Waals surface area contributed by atoms with Crippen LogP contribution in [0.25, 0.3) is 0 Å². The first kappa shape index (κ1) is 12.7. The van der Waals surface area contributed by atoms with Crippen LogP contribution in [0.3, 0.4) is 0 Å². The highest BCUT2D eigenvalue weighted by Gasteiger charge is 2.22. The SMILES string of the molecule is CC(C)(C)c1ccc2c(c1)CC(c1cccs1)CN2. The van der Waals surface area contributed by atoms with Crippen LogP contribution < -0.4 is 5.32 Å². The minimum atomic E-state index is 0.227. The fourth-order valence-corrected chi connectivity index (χ4v) is 3.53. The van der Waals surface area contributed by atoms with E-state index in [1.54, 1.807) is 0 Å². The van der Waals surface area contributed by atoms with Crippen molar-refractivity contribution in [2.24, 2.45) is 0 Å². The Morgan fingerprint density at radius 1 is 1.21 bits per heavy atom. The predicted octanol–water partition coefficient (Wildman–Crippen LogP) is 4.80. The van der Waals surface area contributed by atoms with Crippen molar-refractivity contribution in [1.82, 2.24) is 0 Å². The summed E-state index contributed by atoms with van der Waals surface area (Å²) in [7, 11) is 0. The molecule has 0 fully saturated rings. The molecule has 0 aliphatic carbocycles. The lowest BCUT2D eigenvalue weighted by Crippen LogP contribution is -2.22. The molecular formula is C17H21NS. The van der Waals surface area contributed by atoms with Crippen molar-refractivity contribution in [3.8, 4) is 0 Å². The van der Waals surface area contributed by atoms with Gasteiger partial charge in [-0.25, -0.2) is 0 Å². The van der Waals surface area contributed by atoms with E-state index in [0.717, 1.165) is 13.0 Å². The summed E-state index contributed by atoms with van der Waals surface area (Å²) in [6.45, 7) is 7.90. The number of nitrogens with one attached hydrogen (secondary N) is 1. The molecule has 0 spiro atoms. The third kappa shape index (κ3) is 2.55. The Morgan fingerprint density at radius 2 is 2.05 bits per heavy atom. The number of rotatable bonds is 1. The zero-order chi connectivity index (χ0) is 13.5. The molecule has 0 amide bonds. The van der Waals surface area contributed by atoms with Gasteiger partial charge in [0, 0.05) is 23.0 Å². The summed E-state index contributed by atoms with van der Waals surface area (Å²) < 4.78 is 0. The van der Waals surface area contributed by atoms with Gasteiger partial charge < -0.3 is 5.32 Å². The zero-order valence-corrected chi connectivity index (χ0v) is 12.7. The van der Waals surface area contributed by atoms with E-state index < -0.39 is 0 Å². The van der Waals surface area contributed by atoms with Crippen molar-refractivity contribution in [3.63, 3.8) is 0 Å². The Labute approximate surface area is 119 Å². The van der Waals surface area contributed by atoms with Crippen LogP contribution in [0.5, 0.6) is 0 Å². The summed E-state index contributed by atoms with van der Waals surface area (Å²) in [5, 5.41) is 5.76. The van der Waals surface area contributed by atoms with Gasteiger partial charge in [-0.2, -0.15) is 0 Å². The highest BCUT2D eigenvalue weighted by Crippen LogP contribution is 2.35. The van der Waals surface area contributed by atoms with Gasteiger partial charge >= 0.3 is 0 Å². The van der Waals surface area contributed by atoms with Gasteiger partial charge in [-0.3, -0.25) is 0 Å². The van der Waals surface area contributed by atoms with Crippen molar-refractivity contribution in [2.45, 2.75) is 38.5 Å². The van der Waals surface area contributed by atoms with Gasteiger partial charge in [0.05, 0.1) is 0 Å². The van der Waals surface area contributed by atoms with Crippen LogP contribution in [-0.4, -0.2) is 6.54 Å². The molecule has 1 atom stereocenters. The van der Waals surface area contributed by atoms with Crippen LogP contribution >= 0.6 is 11.3 Å². The molecule has 1 N–H and O–H groups in total. The number of fused-ring (bicyclic) bond motifs is 1. The van der Waals surface area contributed by atoms with Crippen LogP contribution in [0, 0.1) is 0 Å². The zero-order valence-electron chi connectivity index (χ0n) is 11.9. The third-order valence-electron chi connectivity index (χ3n) is 3.92. The molecule has 2 aromatic rings. The Morgan fingerprint density at radius 3 is 2.74 bits per heavy atom. The first-order valence-corrected chi connectivity index (χ1v) is 7.83.